The largest absolute Gasteiger partial charge is 0.396 e. The second-order valence-electron chi connectivity index (χ2n) is 3.26. The Morgan fingerprint density at radius 3 is 2.83 bits per heavy atom. The summed E-state index contributed by atoms with van der Waals surface area (Å²) in [4.78, 5) is 12.6. The molecule has 2 unspecified atom stereocenters. The van der Waals surface area contributed by atoms with E-state index in [1.54, 1.807) is 4.90 Å². The molecule has 1 heterocycles. The number of amides is 1. The minimum absolute atomic E-state index is 0.0142. The Balaban J connectivity index is 2.49. The van der Waals surface area contributed by atoms with Gasteiger partial charge >= 0.3 is 0 Å². The first-order valence-electron chi connectivity index (χ1n) is 4.19. The average Bonchev–Trinajstić information content (AvgIpc) is 2.05. The van der Waals surface area contributed by atoms with E-state index in [2.05, 4.69) is 0 Å². The van der Waals surface area contributed by atoms with Crippen molar-refractivity contribution in [3.63, 3.8) is 0 Å². The van der Waals surface area contributed by atoms with Crippen molar-refractivity contribution in [3.05, 3.63) is 0 Å². The lowest BCUT2D eigenvalue weighted by atomic mass is 9.95. The Morgan fingerprint density at radius 2 is 2.33 bits per heavy atom. The summed E-state index contributed by atoms with van der Waals surface area (Å²) in [5.74, 6) is -0.150. The van der Waals surface area contributed by atoms with Crippen LogP contribution in [0.15, 0.2) is 0 Å². The summed E-state index contributed by atoms with van der Waals surface area (Å²) in [5.41, 5.74) is 0. The Labute approximate surface area is 71.8 Å². The third-order valence-corrected chi connectivity index (χ3v) is 2.37. The van der Waals surface area contributed by atoms with Crippen LogP contribution in [0.5, 0.6) is 0 Å². The van der Waals surface area contributed by atoms with Gasteiger partial charge in [-0.25, -0.2) is 0 Å². The number of nitrogens with zero attached hydrogens (tertiary/aromatic N) is 1. The molecular formula is C8H15NO3. The number of carbonyl (C=O) groups excluding carboxylic acids is 1. The van der Waals surface area contributed by atoms with Gasteiger partial charge in [-0.1, -0.05) is 0 Å². The van der Waals surface area contributed by atoms with Crippen molar-refractivity contribution < 1.29 is 15.0 Å². The molecule has 0 radical (unpaired) electrons. The fourth-order valence-corrected chi connectivity index (χ4v) is 1.49. The third kappa shape index (κ3) is 1.95. The van der Waals surface area contributed by atoms with E-state index in [1.165, 1.54) is 6.92 Å². The predicted octanol–water partition coefficient (Wildman–Crippen LogP) is -0.792. The van der Waals surface area contributed by atoms with Gasteiger partial charge in [0.1, 0.15) is 0 Å². The molecule has 0 saturated carbocycles. The second kappa shape index (κ2) is 3.87. The standard InChI is InChI=1S/C8H15NO3/c1-6(11)9-3-2-8(12)7(4-9)5-10/h7-8,10,12H,2-5H2,1H3. The molecule has 70 valence electrons. The van der Waals surface area contributed by atoms with Gasteiger partial charge in [0.2, 0.25) is 5.91 Å². The molecule has 2 N–H and O–H groups in total. The van der Waals surface area contributed by atoms with E-state index in [-0.39, 0.29) is 18.4 Å². The lowest BCUT2D eigenvalue weighted by Crippen LogP contribution is -2.46. The zero-order valence-electron chi connectivity index (χ0n) is 7.23. The summed E-state index contributed by atoms with van der Waals surface area (Å²) >= 11 is 0. The second-order valence-corrected chi connectivity index (χ2v) is 3.26. The van der Waals surface area contributed by atoms with Crippen LogP contribution in [0.3, 0.4) is 0 Å². The highest BCUT2D eigenvalue weighted by molar-refractivity contribution is 5.73. The van der Waals surface area contributed by atoms with Crippen molar-refractivity contribution in [2.75, 3.05) is 19.7 Å². The summed E-state index contributed by atoms with van der Waals surface area (Å²) in [5, 5.41) is 18.2. The van der Waals surface area contributed by atoms with E-state index in [1.807, 2.05) is 0 Å². The first-order valence-corrected chi connectivity index (χ1v) is 4.19. The molecule has 0 spiro atoms. The van der Waals surface area contributed by atoms with Crippen molar-refractivity contribution in [2.24, 2.45) is 5.92 Å². The molecule has 1 fully saturated rings. The summed E-state index contributed by atoms with van der Waals surface area (Å²) in [6.45, 7) is 2.54. The van der Waals surface area contributed by atoms with E-state index in [0.29, 0.717) is 19.5 Å². The van der Waals surface area contributed by atoms with Crippen molar-refractivity contribution in [1.29, 1.82) is 0 Å². The minimum Gasteiger partial charge on any atom is -0.396 e. The van der Waals surface area contributed by atoms with Crippen LogP contribution in [0.1, 0.15) is 13.3 Å². The highest BCUT2D eigenvalue weighted by Gasteiger charge is 2.27. The summed E-state index contributed by atoms with van der Waals surface area (Å²) < 4.78 is 0. The molecule has 1 aliphatic heterocycles. The molecule has 1 aliphatic rings. The zero-order chi connectivity index (χ0) is 9.14. The minimum atomic E-state index is -0.453. The lowest BCUT2D eigenvalue weighted by molar-refractivity contribution is -0.133. The van der Waals surface area contributed by atoms with E-state index in [4.69, 9.17) is 5.11 Å². The van der Waals surface area contributed by atoms with Crippen LogP contribution in [0.4, 0.5) is 0 Å². The van der Waals surface area contributed by atoms with E-state index >= 15 is 0 Å². The van der Waals surface area contributed by atoms with Crippen molar-refractivity contribution in [2.45, 2.75) is 19.4 Å². The molecule has 4 nitrogen and oxygen atoms in total. The zero-order valence-corrected chi connectivity index (χ0v) is 7.23. The molecular weight excluding hydrogens is 158 g/mol. The maximum atomic E-state index is 10.9. The van der Waals surface area contributed by atoms with Crippen molar-refractivity contribution in [3.8, 4) is 0 Å². The number of hydrogen-bond donors (Lipinski definition) is 2. The number of carbonyl (C=O) groups is 1. The highest BCUT2D eigenvalue weighted by atomic mass is 16.3. The molecule has 1 rings (SSSR count). The Bertz CT molecular complexity index is 172. The number of likely N-dealkylation sites (tertiary alicyclic amines) is 1. The topological polar surface area (TPSA) is 60.8 Å². The number of aliphatic hydroxyl groups is 2. The van der Waals surface area contributed by atoms with Gasteiger partial charge in [-0.3, -0.25) is 4.79 Å². The number of aliphatic hydroxyl groups excluding tert-OH is 2. The molecule has 4 heteroatoms. The maximum Gasteiger partial charge on any atom is 0.219 e. The Morgan fingerprint density at radius 1 is 1.67 bits per heavy atom. The van der Waals surface area contributed by atoms with E-state index in [0.717, 1.165) is 0 Å². The molecule has 12 heavy (non-hydrogen) atoms. The molecule has 0 aliphatic carbocycles. The van der Waals surface area contributed by atoms with Crippen LogP contribution >= 0.6 is 0 Å². The third-order valence-electron chi connectivity index (χ3n) is 2.37. The number of piperidine rings is 1. The molecule has 0 aromatic rings. The molecule has 0 aromatic carbocycles. The molecule has 1 saturated heterocycles. The number of hydrogen-bond acceptors (Lipinski definition) is 3. The SMILES string of the molecule is CC(=O)N1CCC(O)C(CO)C1. The van der Waals surface area contributed by atoms with Gasteiger partial charge in [0.25, 0.3) is 0 Å². The first-order chi connectivity index (χ1) is 5.65. The first kappa shape index (κ1) is 9.48. The monoisotopic (exact) mass is 173 g/mol. The smallest absolute Gasteiger partial charge is 0.219 e. The fourth-order valence-electron chi connectivity index (χ4n) is 1.49. The highest BCUT2D eigenvalue weighted by Crippen LogP contribution is 2.16. The summed E-state index contributed by atoms with van der Waals surface area (Å²) in [6, 6.07) is 0. The van der Waals surface area contributed by atoms with Gasteiger partial charge in [-0.15, -0.1) is 0 Å². The maximum absolute atomic E-state index is 10.9. The quantitative estimate of drug-likeness (QED) is 0.546. The van der Waals surface area contributed by atoms with E-state index < -0.39 is 6.10 Å². The van der Waals surface area contributed by atoms with Crippen molar-refractivity contribution >= 4 is 5.91 Å². The van der Waals surface area contributed by atoms with Gasteiger partial charge in [0, 0.05) is 25.9 Å². The molecule has 2 atom stereocenters. The summed E-state index contributed by atoms with van der Waals surface area (Å²) in [6.07, 6.45) is 0.121. The predicted molar refractivity (Wildman–Crippen MR) is 43.5 cm³/mol. The van der Waals surface area contributed by atoms with Gasteiger partial charge in [-0.2, -0.15) is 0 Å². The van der Waals surface area contributed by atoms with Gasteiger partial charge in [0.05, 0.1) is 12.7 Å². The molecule has 0 aromatic heterocycles. The van der Waals surface area contributed by atoms with Crippen molar-refractivity contribution in [1.82, 2.24) is 4.90 Å². The number of rotatable bonds is 1. The lowest BCUT2D eigenvalue weighted by Gasteiger charge is -2.34. The summed E-state index contributed by atoms with van der Waals surface area (Å²) in [7, 11) is 0. The van der Waals surface area contributed by atoms with Crippen LogP contribution in [0.2, 0.25) is 0 Å². The average molecular weight is 173 g/mol. The molecule has 0 bridgehead atoms. The van der Waals surface area contributed by atoms with Gasteiger partial charge in [0.15, 0.2) is 0 Å². The Kier molecular flexibility index (Phi) is 3.05. The van der Waals surface area contributed by atoms with Crippen LogP contribution in [0, 0.1) is 5.92 Å². The Hall–Kier alpha value is -0.610. The fraction of sp³-hybridized carbons (Fsp3) is 0.875. The van der Waals surface area contributed by atoms with Gasteiger partial charge in [-0.05, 0) is 6.42 Å². The van der Waals surface area contributed by atoms with Crippen LogP contribution < -0.4 is 0 Å². The van der Waals surface area contributed by atoms with Crippen LogP contribution in [-0.4, -0.2) is 46.8 Å². The molecule has 1 amide bonds. The normalized spacial score (nSPS) is 30.4. The van der Waals surface area contributed by atoms with Crippen LogP contribution in [-0.2, 0) is 4.79 Å². The van der Waals surface area contributed by atoms with E-state index in [9.17, 15) is 9.90 Å². The van der Waals surface area contributed by atoms with Crippen LogP contribution in [0.25, 0.3) is 0 Å². The van der Waals surface area contributed by atoms with Gasteiger partial charge < -0.3 is 15.1 Å².